The van der Waals surface area contributed by atoms with Gasteiger partial charge in [-0.2, -0.15) is 0 Å². The van der Waals surface area contributed by atoms with Gasteiger partial charge in [0.2, 0.25) is 5.91 Å². The van der Waals surface area contributed by atoms with Crippen molar-refractivity contribution in [3.05, 3.63) is 41.6 Å². The number of H-pyrrole nitrogens is 1. The Kier molecular flexibility index (Phi) is 3.92. The Morgan fingerprint density at radius 1 is 1.34 bits per heavy atom. The van der Waals surface area contributed by atoms with E-state index < -0.39 is 0 Å². The number of ether oxygens (including phenoxy) is 1. The van der Waals surface area contributed by atoms with Crippen LogP contribution in [0.25, 0.3) is 16.5 Å². The van der Waals surface area contributed by atoms with Gasteiger partial charge in [-0.3, -0.25) is 9.80 Å². The van der Waals surface area contributed by atoms with Crippen molar-refractivity contribution in [1.29, 1.82) is 0 Å². The highest BCUT2D eigenvalue weighted by Crippen LogP contribution is 2.39. The Morgan fingerprint density at radius 2 is 2.24 bits per heavy atom. The van der Waals surface area contributed by atoms with Crippen LogP contribution in [0.5, 0.6) is 0 Å². The minimum atomic E-state index is -0.139. The van der Waals surface area contributed by atoms with E-state index in [9.17, 15) is 4.79 Å². The maximum Gasteiger partial charge on any atom is 0.245 e. The second kappa shape index (κ2) is 6.42. The first-order valence-corrected chi connectivity index (χ1v) is 10.9. The van der Waals surface area contributed by atoms with E-state index in [-0.39, 0.29) is 30.0 Å². The number of hydrazine groups is 1. The lowest BCUT2D eigenvalue weighted by Crippen LogP contribution is -2.58. The predicted octanol–water partition coefficient (Wildman–Crippen LogP) is 2.32. The van der Waals surface area contributed by atoms with Crippen LogP contribution in [0.3, 0.4) is 0 Å². The summed E-state index contributed by atoms with van der Waals surface area (Å²) in [6.07, 6.45) is 6.68. The molecule has 1 amide bonds. The minimum absolute atomic E-state index is 0.139. The number of aromatic amines is 1. The van der Waals surface area contributed by atoms with E-state index in [0.717, 1.165) is 26.0 Å². The van der Waals surface area contributed by atoms with Gasteiger partial charge in [0, 0.05) is 42.3 Å². The van der Waals surface area contributed by atoms with Crippen molar-refractivity contribution in [2.24, 2.45) is 5.92 Å². The van der Waals surface area contributed by atoms with E-state index in [1.165, 1.54) is 27.6 Å². The van der Waals surface area contributed by atoms with E-state index in [2.05, 4.69) is 59.6 Å². The van der Waals surface area contributed by atoms with Crippen LogP contribution in [0, 0.1) is 5.92 Å². The molecule has 0 radical (unpaired) electrons. The Labute approximate surface area is 170 Å². The monoisotopic (exact) mass is 392 g/mol. The Hall–Kier alpha value is -2.15. The number of hydrogen-bond donors (Lipinski definition) is 2. The number of aromatic nitrogens is 1. The third-order valence-corrected chi connectivity index (χ3v) is 7.04. The quantitative estimate of drug-likeness (QED) is 0.842. The molecule has 2 aromatic rings. The molecule has 4 atom stereocenters. The molecule has 2 unspecified atom stereocenters. The maximum absolute atomic E-state index is 13.7. The zero-order valence-corrected chi connectivity index (χ0v) is 17.0. The number of amides is 1. The summed E-state index contributed by atoms with van der Waals surface area (Å²) < 4.78 is 5.76. The van der Waals surface area contributed by atoms with Gasteiger partial charge in [-0.05, 0) is 49.5 Å². The minimum Gasteiger partial charge on any atom is -0.375 e. The van der Waals surface area contributed by atoms with E-state index >= 15 is 0 Å². The van der Waals surface area contributed by atoms with Crippen molar-refractivity contribution in [1.82, 2.24) is 20.3 Å². The van der Waals surface area contributed by atoms with Crippen LogP contribution in [0.2, 0.25) is 0 Å². The van der Waals surface area contributed by atoms with Crippen LogP contribution in [-0.2, 0) is 16.0 Å². The highest BCUT2D eigenvalue weighted by Gasteiger charge is 2.45. The normalized spacial score (nSPS) is 30.7. The number of rotatable bonds is 3. The molecule has 4 heterocycles. The fourth-order valence-electron chi connectivity index (χ4n) is 5.76. The molecule has 1 aliphatic carbocycles. The summed E-state index contributed by atoms with van der Waals surface area (Å²) in [6, 6.07) is 7.21. The number of carbonyl (C=O) groups excluding carboxylic acids is 1. The van der Waals surface area contributed by atoms with Crippen molar-refractivity contribution in [3.63, 3.8) is 0 Å². The summed E-state index contributed by atoms with van der Waals surface area (Å²) in [4.78, 5) is 17.1. The lowest BCUT2D eigenvalue weighted by molar-refractivity contribution is -0.166. The maximum atomic E-state index is 13.7. The average molecular weight is 393 g/mol. The number of fused-ring (bicyclic) bond motifs is 4. The topological polar surface area (TPSA) is 60.6 Å². The molecule has 3 aliphatic heterocycles. The van der Waals surface area contributed by atoms with Gasteiger partial charge in [-0.25, -0.2) is 5.01 Å². The molecule has 152 valence electrons. The lowest BCUT2D eigenvalue weighted by Gasteiger charge is -2.42. The Balaban J connectivity index is 1.35. The van der Waals surface area contributed by atoms with Crippen LogP contribution in [0.1, 0.15) is 31.4 Å². The van der Waals surface area contributed by atoms with Crippen LogP contribution < -0.4 is 5.32 Å². The van der Waals surface area contributed by atoms with Crippen molar-refractivity contribution in [2.75, 3.05) is 19.7 Å². The number of benzene rings is 1. The van der Waals surface area contributed by atoms with E-state index in [1.54, 1.807) is 0 Å². The number of carbonyl (C=O) groups is 1. The first kappa shape index (κ1) is 17.7. The van der Waals surface area contributed by atoms with Crippen molar-refractivity contribution in [3.8, 4) is 0 Å². The van der Waals surface area contributed by atoms with Crippen molar-refractivity contribution >= 4 is 22.4 Å². The molecule has 2 N–H and O–H groups in total. The van der Waals surface area contributed by atoms with E-state index in [0.29, 0.717) is 12.6 Å². The van der Waals surface area contributed by atoms with Gasteiger partial charge >= 0.3 is 0 Å². The van der Waals surface area contributed by atoms with Crippen LogP contribution >= 0.6 is 0 Å². The fourth-order valence-corrected chi connectivity index (χ4v) is 5.76. The van der Waals surface area contributed by atoms with E-state index in [4.69, 9.17) is 4.74 Å². The summed E-state index contributed by atoms with van der Waals surface area (Å²) in [5.41, 5.74) is 5.10. The van der Waals surface area contributed by atoms with Gasteiger partial charge in [0.25, 0.3) is 0 Å². The molecule has 1 aromatic heterocycles. The smallest absolute Gasteiger partial charge is 0.245 e. The lowest BCUT2D eigenvalue weighted by atomic mass is 9.80. The summed E-state index contributed by atoms with van der Waals surface area (Å²) in [5.74, 6) is 0.0671. The average Bonchev–Trinajstić information content (AvgIpc) is 3.45. The second-order valence-electron chi connectivity index (χ2n) is 9.18. The molecule has 0 saturated carbocycles. The molecule has 4 aliphatic rings. The molecule has 6 rings (SSSR count). The summed E-state index contributed by atoms with van der Waals surface area (Å²) in [5, 5.41) is 9.28. The van der Waals surface area contributed by atoms with Gasteiger partial charge in [-0.15, -0.1) is 0 Å². The van der Waals surface area contributed by atoms with Gasteiger partial charge in [0.1, 0.15) is 0 Å². The molecular weight excluding hydrogens is 364 g/mol. The molecule has 2 bridgehead atoms. The largest absolute Gasteiger partial charge is 0.375 e. The summed E-state index contributed by atoms with van der Waals surface area (Å²) in [7, 11) is 0. The highest BCUT2D eigenvalue weighted by molar-refractivity contribution is 5.99. The summed E-state index contributed by atoms with van der Waals surface area (Å²) in [6.45, 7) is 6.50. The SMILES string of the molecule is CC(C)N(C(=O)[C@@H]1C=C2c3cccc4[nH]cc(c34)C[C@H]2NC1)N1CC2CC1CO2. The van der Waals surface area contributed by atoms with Crippen LogP contribution in [0.15, 0.2) is 30.5 Å². The fraction of sp³-hybridized carbons (Fsp3) is 0.522. The Morgan fingerprint density at radius 3 is 3.00 bits per heavy atom. The standard InChI is InChI=1S/C23H28N4O2/c1-13(2)27(26-11-17-8-16(26)12-29-17)23(28)15-6-19-18-4-3-5-20-22(18)14(9-24-20)7-21(19)25-10-15/h3-6,9,13,15-17,21,24-25H,7-8,10-12H2,1-2H3/t15-,16?,17?,21-/m1/s1. The molecule has 0 spiro atoms. The van der Waals surface area contributed by atoms with E-state index in [1.807, 2.05) is 5.01 Å². The molecule has 6 nitrogen and oxygen atoms in total. The van der Waals surface area contributed by atoms with Gasteiger partial charge in [0.05, 0.1) is 24.7 Å². The highest BCUT2D eigenvalue weighted by atomic mass is 16.5. The van der Waals surface area contributed by atoms with Gasteiger partial charge < -0.3 is 15.0 Å². The molecule has 2 saturated heterocycles. The van der Waals surface area contributed by atoms with Crippen molar-refractivity contribution in [2.45, 2.75) is 50.9 Å². The zero-order chi connectivity index (χ0) is 19.7. The molecule has 29 heavy (non-hydrogen) atoms. The molecule has 1 aromatic carbocycles. The number of nitrogens with zero attached hydrogens (tertiary/aromatic N) is 2. The van der Waals surface area contributed by atoms with Gasteiger partial charge in [0.15, 0.2) is 0 Å². The Bertz CT molecular complexity index is 1010. The third-order valence-electron chi connectivity index (χ3n) is 7.04. The number of morpholine rings is 1. The first-order chi connectivity index (χ1) is 14.1. The predicted molar refractivity (Wildman–Crippen MR) is 112 cm³/mol. The third kappa shape index (κ3) is 2.62. The number of hydrogen-bond acceptors (Lipinski definition) is 4. The van der Waals surface area contributed by atoms with Crippen LogP contribution in [0.4, 0.5) is 0 Å². The zero-order valence-electron chi connectivity index (χ0n) is 17.0. The second-order valence-corrected chi connectivity index (χ2v) is 9.18. The molecular formula is C23H28N4O2. The van der Waals surface area contributed by atoms with Gasteiger partial charge in [-0.1, -0.05) is 18.2 Å². The number of nitrogens with one attached hydrogen (secondary N) is 2. The van der Waals surface area contributed by atoms with Crippen LogP contribution in [-0.4, -0.2) is 64.8 Å². The molecule has 6 heteroatoms. The molecule has 2 fully saturated rings. The summed E-state index contributed by atoms with van der Waals surface area (Å²) >= 11 is 0. The first-order valence-electron chi connectivity index (χ1n) is 10.9. The van der Waals surface area contributed by atoms with Crippen molar-refractivity contribution < 1.29 is 9.53 Å².